The molecule has 0 aliphatic heterocycles. The fourth-order valence-electron chi connectivity index (χ4n) is 1.93. The van der Waals surface area contributed by atoms with E-state index in [4.69, 9.17) is 15.9 Å². The van der Waals surface area contributed by atoms with Crippen molar-refractivity contribution in [1.82, 2.24) is 16.0 Å². The first-order chi connectivity index (χ1) is 13.1. The van der Waals surface area contributed by atoms with Crippen LogP contribution in [-0.4, -0.2) is 82.3 Å². The Kier molecular flexibility index (Phi) is 13.1. The maximum Gasteiger partial charge on any atom is 0.326 e. The van der Waals surface area contributed by atoms with Crippen LogP contribution in [0.15, 0.2) is 0 Å². The molecule has 13 heteroatoms. The molecule has 0 bridgehead atoms. The minimum absolute atomic E-state index is 0.0964. The van der Waals surface area contributed by atoms with Gasteiger partial charge in [-0.15, -0.1) is 0 Å². The fraction of sp³-hybridized carbons (Fsp3) is 0.667. The van der Waals surface area contributed by atoms with Gasteiger partial charge in [0.05, 0.1) is 12.6 Å². The highest BCUT2D eigenvalue weighted by Gasteiger charge is 2.27. The Morgan fingerprint density at radius 2 is 1.68 bits per heavy atom. The monoisotopic (exact) mass is 438 g/mol. The minimum Gasteiger partial charge on any atom is -0.481 e. The van der Waals surface area contributed by atoms with Crippen molar-refractivity contribution in [3.05, 3.63) is 0 Å². The summed E-state index contributed by atoms with van der Waals surface area (Å²) in [5, 5.41) is 24.8. The predicted molar refractivity (Wildman–Crippen MR) is 106 cm³/mol. The summed E-state index contributed by atoms with van der Waals surface area (Å²) < 4.78 is 0. The maximum absolute atomic E-state index is 12.4. The van der Waals surface area contributed by atoms with E-state index >= 15 is 0 Å². The summed E-state index contributed by atoms with van der Waals surface area (Å²) >= 11 is 5.29. The summed E-state index contributed by atoms with van der Waals surface area (Å²) in [4.78, 5) is 57.8. The van der Waals surface area contributed by atoms with E-state index in [-0.39, 0.29) is 18.6 Å². The molecular weight excluding hydrogens is 412 g/mol. The Bertz CT molecular complexity index is 577. The largest absolute Gasteiger partial charge is 0.481 e. The van der Waals surface area contributed by atoms with Gasteiger partial charge in [0.2, 0.25) is 17.7 Å². The van der Waals surface area contributed by atoms with Crippen LogP contribution in [0.25, 0.3) is 0 Å². The topological polar surface area (TPSA) is 188 Å². The second-order valence-electron chi connectivity index (χ2n) is 5.74. The van der Waals surface area contributed by atoms with Gasteiger partial charge >= 0.3 is 11.9 Å². The quantitative estimate of drug-likeness (QED) is 0.151. The third kappa shape index (κ3) is 11.0. The van der Waals surface area contributed by atoms with E-state index in [9.17, 15) is 24.0 Å². The molecule has 3 amide bonds. The Labute approximate surface area is 172 Å². The number of thioether (sulfide) groups is 1. The van der Waals surface area contributed by atoms with Gasteiger partial charge in [-0.25, -0.2) is 4.79 Å². The number of nitrogens with two attached hydrogens (primary N) is 1. The van der Waals surface area contributed by atoms with E-state index in [1.807, 2.05) is 0 Å². The third-order valence-electron chi connectivity index (χ3n) is 3.48. The van der Waals surface area contributed by atoms with Gasteiger partial charge in [0.1, 0.15) is 12.1 Å². The van der Waals surface area contributed by atoms with E-state index in [2.05, 4.69) is 28.6 Å². The van der Waals surface area contributed by atoms with Crippen molar-refractivity contribution >= 4 is 54.1 Å². The van der Waals surface area contributed by atoms with Crippen LogP contribution in [0.5, 0.6) is 0 Å². The molecule has 0 heterocycles. The summed E-state index contributed by atoms with van der Waals surface area (Å²) in [5.74, 6) is -3.95. The Hall–Kier alpha value is -1.99. The van der Waals surface area contributed by atoms with Crippen LogP contribution >= 0.6 is 24.4 Å². The zero-order chi connectivity index (χ0) is 21.7. The van der Waals surface area contributed by atoms with E-state index < -0.39 is 60.8 Å². The van der Waals surface area contributed by atoms with Crippen LogP contribution in [0.1, 0.15) is 19.3 Å². The average Bonchev–Trinajstić information content (AvgIpc) is 2.64. The lowest BCUT2D eigenvalue weighted by Gasteiger charge is -2.21. The molecular formula is C15H26N4O7S2. The summed E-state index contributed by atoms with van der Waals surface area (Å²) in [6, 6.07) is -3.32. The second-order valence-corrected chi connectivity index (χ2v) is 7.09. The summed E-state index contributed by atoms with van der Waals surface area (Å²) in [6.45, 7) is -0.412. The van der Waals surface area contributed by atoms with Crippen LogP contribution in [0, 0.1) is 0 Å². The van der Waals surface area contributed by atoms with Crippen molar-refractivity contribution in [3.63, 3.8) is 0 Å². The maximum atomic E-state index is 12.4. The van der Waals surface area contributed by atoms with Crippen LogP contribution in [0.3, 0.4) is 0 Å². The van der Waals surface area contributed by atoms with Gasteiger partial charge in [-0.2, -0.15) is 24.4 Å². The number of hydrogen-bond acceptors (Lipinski definition) is 8. The molecule has 7 N–H and O–H groups in total. The molecule has 0 spiro atoms. The predicted octanol–water partition coefficient (Wildman–Crippen LogP) is -1.97. The highest BCUT2D eigenvalue weighted by molar-refractivity contribution is 7.98. The molecule has 160 valence electrons. The molecule has 0 aromatic heterocycles. The number of nitrogens with one attached hydrogen (secondary N) is 3. The van der Waals surface area contributed by atoms with Crippen molar-refractivity contribution in [2.24, 2.45) is 5.73 Å². The van der Waals surface area contributed by atoms with Crippen LogP contribution in [0.2, 0.25) is 0 Å². The standard InChI is InChI=1S/C15H26N4O7S2/c1-28-5-4-9(18-11(20)6-17-13(23)8(16)7-27)14(24)19-10(15(25)26)2-3-12(21)22/h8-10,27H,2-7,16H2,1H3,(H,17,23)(H,18,20)(H,19,24)(H,21,22)(H,25,26). The lowest BCUT2D eigenvalue weighted by Crippen LogP contribution is -2.54. The molecule has 0 saturated heterocycles. The van der Waals surface area contributed by atoms with Crippen molar-refractivity contribution < 1.29 is 34.2 Å². The van der Waals surface area contributed by atoms with Crippen molar-refractivity contribution in [1.29, 1.82) is 0 Å². The average molecular weight is 439 g/mol. The minimum atomic E-state index is -1.40. The zero-order valence-corrected chi connectivity index (χ0v) is 17.1. The molecule has 0 fully saturated rings. The fourth-order valence-corrected chi connectivity index (χ4v) is 2.57. The first-order valence-electron chi connectivity index (χ1n) is 8.29. The van der Waals surface area contributed by atoms with Gasteiger partial charge < -0.3 is 31.9 Å². The van der Waals surface area contributed by atoms with Gasteiger partial charge in [0.25, 0.3) is 0 Å². The number of carbonyl (C=O) groups excluding carboxylic acids is 3. The molecule has 0 radical (unpaired) electrons. The van der Waals surface area contributed by atoms with Gasteiger partial charge in [0, 0.05) is 12.2 Å². The number of aliphatic carboxylic acids is 2. The lowest BCUT2D eigenvalue weighted by atomic mass is 10.1. The van der Waals surface area contributed by atoms with Crippen molar-refractivity contribution in [2.45, 2.75) is 37.4 Å². The number of carbonyl (C=O) groups is 5. The number of amides is 3. The third-order valence-corrected chi connectivity index (χ3v) is 4.52. The smallest absolute Gasteiger partial charge is 0.326 e. The lowest BCUT2D eigenvalue weighted by molar-refractivity contribution is -0.143. The van der Waals surface area contributed by atoms with E-state index in [0.717, 1.165) is 0 Å². The van der Waals surface area contributed by atoms with Gasteiger partial charge in [-0.05, 0) is 24.9 Å². The van der Waals surface area contributed by atoms with Crippen LogP contribution in [0.4, 0.5) is 0 Å². The molecule has 11 nitrogen and oxygen atoms in total. The van der Waals surface area contributed by atoms with Gasteiger partial charge in [-0.3, -0.25) is 19.2 Å². The van der Waals surface area contributed by atoms with Crippen molar-refractivity contribution in [3.8, 4) is 0 Å². The SMILES string of the molecule is CSCCC(NC(=O)CNC(=O)C(N)CS)C(=O)NC(CCC(=O)O)C(=O)O. The summed E-state index contributed by atoms with van der Waals surface area (Å²) in [6.07, 6.45) is 1.28. The van der Waals surface area contributed by atoms with E-state index in [1.54, 1.807) is 6.26 Å². The van der Waals surface area contributed by atoms with Gasteiger partial charge in [-0.1, -0.05) is 0 Å². The van der Waals surface area contributed by atoms with E-state index in [0.29, 0.717) is 5.75 Å². The van der Waals surface area contributed by atoms with Crippen LogP contribution in [-0.2, 0) is 24.0 Å². The number of carboxylic acid groups (broad SMARTS) is 2. The van der Waals surface area contributed by atoms with Crippen molar-refractivity contribution in [2.75, 3.05) is 24.3 Å². The highest BCUT2D eigenvalue weighted by Crippen LogP contribution is 2.04. The molecule has 0 rings (SSSR count). The van der Waals surface area contributed by atoms with E-state index in [1.165, 1.54) is 11.8 Å². The molecule has 28 heavy (non-hydrogen) atoms. The normalized spacial score (nSPS) is 13.7. The highest BCUT2D eigenvalue weighted by atomic mass is 32.2. The molecule has 0 aliphatic carbocycles. The summed E-state index contributed by atoms with van der Waals surface area (Å²) in [5.41, 5.74) is 5.47. The Morgan fingerprint density at radius 1 is 1.04 bits per heavy atom. The zero-order valence-electron chi connectivity index (χ0n) is 15.3. The number of hydrogen-bond donors (Lipinski definition) is 7. The van der Waals surface area contributed by atoms with Gasteiger partial charge in [0.15, 0.2) is 0 Å². The van der Waals surface area contributed by atoms with Crippen LogP contribution < -0.4 is 21.7 Å². The number of carboxylic acids is 2. The molecule has 0 saturated carbocycles. The molecule has 3 atom stereocenters. The Balaban J connectivity index is 4.86. The summed E-state index contributed by atoms with van der Waals surface area (Å²) in [7, 11) is 0. The Morgan fingerprint density at radius 3 is 2.18 bits per heavy atom. The molecule has 3 unspecified atom stereocenters. The number of rotatable bonds is 14. The molecule has 0 aromatic carbocycles. The first-order valence-corrected chi connectivity index (χ1v) is 10.3. The molecule has 0 aromatic rings. The first kappa shape index (κ1) is 26.0. The molecule has 0 aliphatic rings. The number of thiol groups is 1. The second kappa shape index (κ2) is 14.1.